The summed E-state index contributed by atoms with van der Waals surface area (Å²) in [4.78, 5) is 18.1. The van der Waals surface area contributed by atoms with Gasteiger partial charge < -0.3 is 14.6 Å². The standard InChI is InChI=1S/C20H24N2O4/c1-13-4-5-14(11-21-13)12-22-7-6-15-8-18(25-2)19(26-3)9-16(15)17(22)10-20(23)24/h4-5,8-9,11,17H,6-7,10,12H2,1-3H3,(H,23,24). The number of pyridine rings is 1. The number of aryl methyl sites for hydroxylation is 1. The first kappa shape index (κ1) is 18.2. The minimum Gasteiger partial charge on any atom is -0.493 e. The molecule has 1 aromatic carbocycles. The van der Waals surface area contributed by atoms with Crippen LogP contribution in [0.5, 0.6) is 11.5 Å². The Hall–Kier alpha value is -2.60. The molecule has 1 N–H and O–H groups in total. The van der Waals surface area contributed by atoms with Gasteiger partial charge in [0, 0.05) is 31.0 Å². The van der Waals surface area contributed by atoms with E-state index < -0.39 is 5.97 Å². The molecule has 0 saturated carbocycles. The monoisotopic (exact) mass is 356 g/mol. The molecule has 3 rings (SSSR count). The zero-order chi connectivity index (χ0) is 18.7. The van der Waals surface area contributed by atoms with Gasteiger partial charge in [-0.15, -0.1) is 0 Å². The summed E-state index contributed by atoms with van der Waals surface area (Å²) in [6.45, 7) is 3.40. The highest BCUT2D eigenvalue weighted by Gasteiger charge is 2.30. The minimum atomic E-state index is -0.815. The van der Waals surface area contributed by atoms with Crippen LogP contribution >= 0.6 is 0 Å². The molecular weight excluding hydrogens is 332 g/mol. The van der Waals surface area contributed by atoms with Crippen LogP contribution in [0.2, 0.25) is 0 Å². The van der Waals surface area contributed by atoms with E-state index in [0.717, 1.165) is 35.3 Å². The number of ether oxygens (including phenoxy) is 2. The molecule has 138 valence electrons. The second-order valence-corrected chi connectivity index (χ2v) is 6.55. The van der Waals surface area contributed by atoms with E-state index in [1.807, 2.05) is 37.4 Å². The van der Waals surface area contributed by atoms with Crippen LogP contribution in [-0.2, 0) is 17.8 Å². The lowest BCUT2D eigenvalue weighted by atomic mass is 9.89. The molecule has 6 nitrogen and oxygen atoms in total. The number of rotatable bonds is 6. The number of methoxy groups -OCH3 is 2. The molecule has 0 amide bonds. The van der Waals surface area contributed by atoms with Crippen molar-refractivity contribution in [1.29, 1.82) is 0 Å². The molecule has 0 saturated heterocycles. The molecule has 0 bridgehead atoms. The van der Waals surface area contributed by atoms with E-state index in [0.29, 0.717) is 18.0 Å². The fraction of sp³-hybridized carbons (Fsp3) is 0.400. The van der Waals surface area contributed by atoms with Crippen molar-refractivity contribution in [3.8, 4) is 11.5 Å². The van der Waals surface area contributed by atoms with Crippen LogP contribution in [0, 0.1) is 6.92 Å². The van der Waals surface area contributed by atoms with Gasteiger partial charge in [-0.25, -0.2) is 0 Å². The second kappa shape index (κ2) is 7.74. The number of carboxylic acids is 1. The first-order valence-electron chi connectivity index (χ1n) is 8.64. The molecule has 1 unspecified atom stereocenters. The maximum absolute atomic E-state index is 11.5. The molecule has 6 heteroatoms. The van der Waals surface area contributed by atoms with Crippen LogP contribution in [0.15, 0.2) is 30.5 Å². The van der Waals surface area contributed by atoms with Crippen LogP contribution < -0.4 is 9.47 Å². The Morgan fingerprint density at radius 2 is 2.00 bits per heavy atom. The van der Waals surface area contributed by atoms with Crippen LogP contribution in [0.3, 0.4) is 0 Å². The molecule has 0 aliphatic carbocycles. The molecule has 2 heterocycles. The Kier molecular flexibility index (Phi) is 5.42. The van der Waals surface area contributed by atoms with E-state index >= 15 is 0 Å². The quantitative estimate of drug-likeness (QED) is 0.858. The van der Waals surface area contributed by atoms with Crippen molar-refractivity contribution >= 4 is 5.97 Å². The van der Waals surface area contributed by atoms with Crippen molar-refractivity contribution in [3.63, 3.8) is 0 Å². The third kappa shape index (κ3) is 3.80. The number of hydrogen-bond donors (Lipinski definition) is 1. The number of benzene rings is 1. The van der Waals surface area contributed by atoms with Crippen molar-refractivity contribution in [2.24, 2.45) is 0 Å². The highest BCUT2D eigenvalue weighted by Crippen LogP contribution is 2.39. The molecule has 1 atom stereocenters. The molecule has 1 aromatic heterocycles. The van der Waals surface area contributed by atoms with Crippen molar-refractivity contribution in [1.82, 2.24) is 9.88 Å². The van der Waals surface area contributed by atoms with Gasteiger partial charge in [-0.2, -0.15) is 0 Å². The Bertz CT molecular complexity index is 789. The Balaban J connectivity index is 1.95. The molecule has 26 heavy (non-hydrogen) atoms. The highest BCUT2D eigenvalue weighted by atomic mass is 16.5. The van der Waals surface area contributed by atoms with E-state index in [9.17, 15) is 9.90 Å². The lowest BCUT2D eigenvalue weighted by Gasteiger charge is -2.37. The van der Waals surface area contributed by atoms with Gasteiger partial charge in [0.1, 0.15) is 0 Å². The summed E-state index contributed by atoms with van der Waals surface area (Å²) < 4.78 is 10.8. The zero-order valence-corrected chi connectivity index (χ0v) is 15.4. The van der Waals surface area contributed by atoms with Crippen molar-refractivity contribution in [2.45, 2.75) is 32.4 Å². The fourth-order valence-corrected chi connectivity index (χ4v) is 3.50. The summed E-state index contributed by atoms with van der Waals surface area (Å²) in [6, 6.07) is 7.70. The smallest absolute Gasteiger partial charge is 0.305 e. The topological polar surface area (TPSA) is 71.9 Å². The number of fused-ring (bicyclic) bond motifs is 1. The Labute approximate surface area is 153 Å². The van der Waals surface area contributed by atoms with Gasteiger partial charge in [0.15, 0.2) is 11.5 Å². The van der Waals surface area contributed by atoms with Gasteiger partial charge in [-0.3, -0.25) is 14.7 Å². The third-order valence-corrected chi connectivity index (χ3v) is 4.84. The normalized spacial score (nSPS) is 16.8. The molecule has 0 radical (unpaired) electrons. The summed E-state index contributed by atoms with van der Waals surface area (Å²) in [6.07, 6.45) is 2.74. The third-order valence-electron chi connectivity index (χ3n) is 4.84. The van der Waals surface area contributed by atoms with Crippen molar-refractivity contribution < 1.29 is 19.4 Å². The second-order valence-electron chi connectivity index (χ2n) is 6.55. The van der Waals surface area contributed by atoms with Gasteiger partial charge >= 0.3 is 5.97 Å². The van der Waals surface area contributed by atoms with Gasteiger partial charge in [0.25, 0.3) is 0 Å². The number of nitrogens with zero attached hydrogens (tertiary/aromatic N) is 2. The van der Waals surface area contributed by atoms with Crippen LogP contribution in [-0.4, -0.2) is 41.7 Å². The van der Waals surface area contributed by atoms with Crippen molar-refractivity contribution in [3.05, 3.63) is 52.8 Å². The predicted molar refractivity (Wildman–Crippen MR) is 97.6 cm³/mol. The largest absolute Gasteiger partial charge is 0.493 e. The van der Waals surface area contributed by atoms with Gasteiger partial charge in [0.05, 0.1) is 20.6 Å². The zero-order valence-electron chi connectivity index (χ0n) is 15.4. The molecule has 1 aliphatic rings. The molecule has 2 aromatic rings. The van der Waals surface area contributed by atoms with Crippen molar-refractivity contribution in [2.75, 3.05) is 20.8 Å². The average molecular weight is 356 g/mol. The molecule has 0 spiro atoms. The predicted octanol–water partition coefficient (Wildman–Crippen LogP) is 2.98. The number of hydrogen-bond acceptors (Lipinski definition) is 5. The summed E-state index contributed by atoms with van der Waals surface area (Å²) in [5, 5.41) is 9.44. The Morgan fingerprint density at radius 3 is 2.62 bits per heavy atom. The highest BCUT2D eigenvalue weighted by molar-refractivity contribution is 5.68. The molecule has 1 aliphatic heterocycles. The molecular formula is C20H24N2O4. The van der Waals surface area contributed by atoms with Gasteiger partial charge in [-0.05, 0) is 48.2 Å². The maximum atomic E-state index is 11.5. The fourth-order valence-electron chi connectivity index (χ4n) is 3.50. The van der Waals surface area contributed by atoms with E-state index in [1.165, 1.54) is 0 Å². The van der Waals surface area contributed by atoms with E-state index in [4.69, 9.17) is 9.47 Å². The van der Waals surface area contributed by atoms with Crippen LogP contribution in [0.4, 0.5) is 0 Å². The number of aliphatic carboxylic acids is 1. The minimum absolute atomic E-state index is 0.0434. The lowest BCUT2D eigenvalue weighted by Crippen LogP contribution is -2.36. The maximum Gasteiger partial charge on any atom is 0.305 e. The van der Waals surface area contributed by atoms with E-state index in [1.54, 1.807) is 14.2 Å². The number of aromatic nitrogens is 1. The summed E-state index contributed by atoms with van der Waals surface area (Å²) in [7, 11) is 3.20. The van der Waals surface area contributed by atoms with E-state index in [2.05, 4.69) is 9.88 Å². The number of carbonyl (C=O) groups is 1. The summed E-state index contributed by atoms with van der Waals surface area (Å²) >= 11 is 0. The molecule has 0 fully saturated rings. The van der Waals surface area contributed by atoms with Gasteiger partial charge in [0.2, 0.25) is 0 Å². The summed E-state index contributed by atoms with van der Waals surface area (Å²) in [5.41, 5.74) is 4.16. The van der Waals surface area contributed by atoms with Crippen LogP contribution in [0.1, 0.15) is 34.8 Å². The lowest BCUT2D eigenvalue weighted by molar-refractivity contribution is -0.138. The Morgan fingerprint density at radius 1 is 1.27 bits per heavy atom. The van der Waals surface area contributed by atoms with E-state index in [-0.39, 0.29) is 12.5 Å². The SMILES string of the molecule is COc1cc2c(cc1OC)C(CC(=O)O)N(Cc1ccc(C)nc1)CC2. The first-order valence-corrected chi connectivity index (χ1v) is 8.64. The first-order chi connectivity index (χ1) is 12.5. The number of carboxylic acid groups (broad SMARTS) is 1. The average Bonchev–Trinajstić information content (AvgIpc) is 2.64. The van der Waals surface area contributed by atoms with Gasteiger partial charge in [-0.1, -0.05) is 6.07 Å². The van der Waals surface area contributed by atoms with Crippen LogP contribution in [0.25, 0.3) is 0 Å². The summed E-state index contributed by atoms with van der Waals surface area (Å²) in [5.74, 6) is 0.488.